The van der Waals surface area contributed by atoms with E-state index in [4.69, 9.17) is 5.26 Å². The summed E-state index contributed by atoms with van der Waals surface area (Å²) in [7, 11) is 0. The molecule has 0 fully saturated rings. The Balaban J connectivity index is 4.72. The molecule has 5 nitrogen and oxygen atoms in total. The minimum Gasteiger partial charge on any atom is -0.462 e. The highest BCUT2D eigenvalue weighted by atomic mass is 16.5. The van der Waals surface area contributed by atoms with Crippen molar-refractivity contribution in [2.45, 2.75) is 13.8 Å². The third-order valence-corrected chi connectivity index (χ3v) is 1.47. The van der Waals surface area contributed by atoms with E-state index in [0.717, 1.165) is 6.08 Å². The number of nitrogens with zero attached hydrogens (tertiary/aromatic N) is 1. The summed E-state index contributed by atoms with van der Waals surface area (Å²) < 4.78 is 9.26. The molecule has 0 aliphatic rings. The molecule has 5 heteroatoms. The number of carbonyl (C=O) groups excluding carboxylic acids is 2. The zero-order valence-corrected chi connectivity index (χ0v) is 9.28. The summed E-state index contributed by atoms with van der Waals surface area (Å²) >= 11 is 0. The molecule has 0 N–H and O–H groups in total. The second-order valence-electron chi connectivity index (χ2n) is 2.64. The van der Waals surface area contributed by atoms with Crippen LogP contribution in [0.25, 0.3) is 0 Å². The molecule has 0 saturated carbocycles. The quantitative estimate of drug-likeness (QED) is 0.302. The highest BCUT2D eigenvalue weighted by Gasteiger charge is 2.13. The van der Waals surface area contributed by atoms with Gasteiger partial charge in [-0.3, -0.25) is 0 Å². The van der Waals surface area contributed by atoms with Crippen molar-refractivity contribution in [1.82, 2.24) is 0 Å². The zero-order chi connectivity index (χ0) is 12.6. The van der Waals surface area contributed by atoms with Crippen molar-refractivity contribution in [3.8, 4) is 6.07 Å². The van der Waals surface area contributed by atoms with E-state index in [1.807, 2.05) is 0 Å². The minimum atomic E-state index is -0.782. The van der Waals surface area contributed by atoms with Crippen molar-refractivity contribution in [1.29, 1.82) is 5.26 Å². The molecular formula is C11H13NO4. The van der Waals surface area contributed by atoms with Crippen LogP contribution in [0.2, 0.25) is 0 Å². The van der Waals surface area contributed by atoms with E-state index in [0.29, 0.717) is 0 Å². The zero-order valence-electron chi connectivity index (χ0n) is 9.28. The number of carbonyl (C=O) groups is 2. The second kappa shape index (κ2) is 7.23. The number of ether oxygens (including phenoxy) is 2. The van der Waals surface area contributed by atoms with Gasteiger partial charge >= 0.3 is 11.9 Å². The molecule has 0 aromatic heterocycles. The number of hydrogen-bond acceptors (Lipinski definition) is 5. The van der Waals surface area contributed by atoms with Crippen LogP contribution in [0.5, 0.6) is 0 Å². The average Bonchev–Trinajstić information content (AvgIpc) is 2.26. The van der Waals surface area contributed by atoms with E-state index in [-0.39, 0.29) is 24.4 Å². The van der Waals surface area contributed by atoms with Crippen molar-refractivity contribution in [2.24, 2.45) is 0 Å². The van der Waals surface area contributed by atoms with Crippen LogP contribution in [0.1, 0.15) is 13.8 Å². The fourth-order valence-electron chi connectivity index (χ4n) is 0.803. The van der Waals surface area contributed by atoms with E-state index in [2.05, 4.69) is 16.1 Å². The lowest BCUT2D eigenvalue weighted by Gasteiger charge is -2.02. The summed E-state index contributed by atoms with van der Waals surface area (Å²) in [6, 6.07) is 1.63. The Morgan fingerprint density at radius 3 is 2.19 bits per heavy atom. The molecule has 0 aromatic rings. The van der Waals surface area contributed by atoms with Crippen LogP contribution < -0.4 is 0 Å². The number of rotatable bonds is 5. The maximum absolute atomic E-state index is 11.2. The van der Waals surface area contributed by atoms with E-state index in [1.54, 1.807) is 19.9 Å². The Bertz CT molecular complexity index is 363. The van der Waals surface area contributed by atoms with Gasteiger partial charge in [-0.25, -0.2) is 9.59 Å². The predicted octanol–water partition coefficient (Wildman–Crippen LogP) is 1.12. The van der Waals surface area contributed by atoms with Crippen LogP contribution in [-0.4, -0.2) is 25.2 Å². The van der Waals surface area contributed by atoms with Gasteiger partial charge in [-0.2, -0.15) is 5.26 Å². The summed E-state index contributed by atoms with van der Waals surface area (Å²) in [4.78, 5) is 22.3. The first-order valence-corrected chi connectivity index (χ1v) is 4.71. The number of nitriles is 1. The van der Waals surface area contributed by atoms with Crippen molar-refractivity contribution < 1.29 is 19.1 Å². The summed E-state index contributed by atoms with van der Waals surface area (Å²) in [6.07, 6.45) is 1.05. The molecule has 0 unspecified atom stereocenters. The van der Waals surface area contributed by atoms with Crippen LogP contribution in [0.3, 0.4) is 0 Å². The standard InChI is InChI=1S/C11H13NO4/c1-4-15-10(13)8(3)6-9(7-12)11(14)16-5-2/h6H,3-5H2,1-2H3. The molecule has 0 aliphatic heterocycles. The maximum Gasteiger partial charge on any atom is 0.348 e. The highest BCUT2D eigenvalue weighted by Crippen LogP contribution is 2.04. The molecule has 0 aromatic carbocycles. The highest BCUT2D eigenvalue weighted by molar-refractivity contribution is 5.98. The van der Waals surface area contributed by atoms with Gasteiger partial charge in [0.2, 0.25) is 0 Å². The molecular weight excluding hydrogens is 210 g/mol. The molecule has 0 rings (SSSR count). The van der Waals surface area contributed by atoms with Gasteiger partial charge in [0, 0.05) is 0 Å². The Hall–Kier alpha value is -2.09. The first kappa shape index (κ1) is 13.9. The van der Waals surface area contributed by atoms with Gasteiger partial charge in [0.25, 0.3) is 0 Å². The summed E-state index contributed by atoms with van der Waals surface area (Å²) in [5, 5.41) is 8.67. The monoisotopic (exact) mass is 223 g/mol. The van der Waals surface area contributed by atoms with Crippen LogP contribution in [0.4, 0.5) is 0 Å². The summed E-state index contributed by atoms with van der Waals surface area (Å²) in [5.41, 5.74) is -0.341. The molecule has 0 atom stereocenters. The Morgan fingerprint density at radius 1 is 1.25 bits per heavy atom. The molecule has 0 bridgehead atoms. The molecule has 16 heavy (non-hydrogen) atoms. The van der Waals surface area contributed by atoms with E-state index in [9.17, 15) is 9.59 Å². The van der Waals surface area contributed by atoms with E-state index in [1.165, 1.54) is 0 Å². The Morgan fingerprint density at radius 2 is 1.75 bits per heavy atom. The van der Waals surface area contributed by atoms with Gasteiger partial charge in [0.15, 0.2) is 0 Å². The fraction of sp³-hybridized carbons (Fsp3) is 0.364. The van der Waals surface area contributed by atoms with Crippen molar-refractivity contribution in [2.75, 3.05) is 13.2 Å². The van der Waals surface area contributed by atoms with Gasteiger partial charge in [-0.15, -0.1) is 0 Å². The van der Waals surface area contributed by atoms with E-state index < -0.39 is 11.9 Å². The molecule has 0 aliphatic carbocycles. The Labute approximate surface area is 94.0 Å². The van der Waals surface area contributed by atoms with Crippen LogP contribution in [-0.2, 0) is 19.1 Å². The summed E-state index contributed by atoms with van der Waals surface area (Å²) in [5.74, 6) is -1.45. The molecule has 0 heterocycles. The first-order chi connectivity index (χ1) is 7.56. The Kier molecular flexibility index (Phi) is 6.29. The van der Waals surface area contributed by atoms with Gasteiger partial charge in [0.05, 0.1) is 18.8 Å². The molecule has 0 spiro atoms. The van der Waals surface area contributed by atoms with Crippen LogP contribution in [0.15, 0.2) is 23.8 Å². The van der Waals surface area contributed by atoms with Gasteiger partial charge in [-0.05, 0) is 19.9 Å². The van der Waals surface area contributed by atoms with Crippen LogP contribution in [0, 0.1) is 11.3 Å². The van der Waals surface area contributed by atoms with Crippen molar-refractivity contribution in [3.63, 3.8) is 0 Å². The third-order valence-electron chi connectivity index (χ3n) is 1.47. The predicted molar refractivity (Wildman–Crippen MR) is 56.1 cm³/mol. The molecule has 0 amide bonds. The number of hydrogen-bond donors (Lipinski definition) is 0. The average molecular weight is 223 g/mol. The lowest BCUT2D eigenvalue weighted by Crippen LogP contribution is -2.09. The topological polar surface area (TPSA) is 76.4 Å². The first-order valence-electron chi connectivity index (χ1n) is 4.71. The second-order valence-corrected chi connectivity index (χ2v) is 2.64. The SMILES string of the molecule is C=C(C=C(C#N)C(=O)OCC)C(=O)OCC. The van der Waals surface area contributed by atoms with Gasteiger partial charge in [-0.1, -0.05) is 6.58 Å². The van der Waals surface area contributed by atoms with Gasteiger partial charge < -0.3 is 9.47 Å². The fourth-order valence-corrected chi connectivity index (χ4v) is 0.803. The third kappa shape index (κ3) is 4.42. The van der Waals surface area contributed by atoms with E-state index >= 15 is 0 Å². The molecule has 0 radical (unpaired) electrons. The van der Waals surface area contributed by atoms with Gasteiger partial charge in [0.1, 0.15) is 11.6 Å². The lowest BCUT2D eigenvalue weighted by atomic mass is 10.2. The normalized spacial score (nSPS) is 10.2. The smallest absolute Gasteiger partial charge is 0.348 e. The number of esters is 2. The minimum absolute atomic E-state index is 0.0635. The summed E-state index contributed by atoms with van der Waals surface area (Å²) in [6.45, 7) is 7.01. The maximum atomic E-state index is 11.2. The van der Waals surface area contributed by atoms with Crippen molar-refractivity contribution in [3.05, 3.63) is 23.8 Å². The largest absolute Gasteiger partial charge is 0.462 e. The molecule has 86 valence electrons. The lowest BCUT2D eigenvalue weighted by molar-refractivity contribution is -0.138. The van der Waals surface area contributed by atoms with Crippen molar-refractivity contribution >= 4 is 11.9 Å². The van der Waals surface area contributed by atoms with Crippen LogP contribution >= 0.6 is 0 Å². The molecule has 0 saturated heterocycles.